The van der Waals surface area contributed by atoms with E-state index in [2.05, 4.69) is 0 Å². The largest absolute Gasteiger partial charge is 0.502 e. The highest BCUT2D eigenvalue weighted by Crippen LogP contribution is 2.24. The molecule has 6 nitrogen and oxygen atoms in total. The average molecular weight is 414 g/mol. The summed E-state index contributed by atoms with van der Waals surface area (Å²) in [5.41, 5.74) is 2.48. The second-order valence-electron chi connectivity index (χ2n) is 6.84. The molecular weight excluding hydrogens is 392 g/mol. The van der Waals surface area contributed by atoms with E-state index < -0.39 is 21.0 Å². The highest BCUT2D eigenvalue weighted by Gasteiger charge is 2.14. The van der Waals surface area contributed by atoms with Gasteiger partial charge in [-0.25, -0.2) is 8.42 Å². The Labute approximate surface area is 169 Å². The van der Waals surface area contributed by atoms with Crippen molar-refractivity contribution in [2.75, 3.05) is 13.4 Å². The lowest BCUT2D eigenvalue weighted by Crippen LogP contribution is -2.09. The van der Waals surface area contributed by atoms with Gasteiger partial charge in [0.2, 0.25) is 11.2 Å². The van der Waals surface area contributed by atoms with E-state index >= 15 is 0 Å². The van der Waals surface area contributed by atoms with Crippen LogP contribution in [0, 0.1) is 0 Å². The summed E-state index contributed by atoms with van der Waals surface area (Å²) in [6, 6.07) is 16.7. The van der Waals surface area contributed by atoms with Crippen LogP contribution in [0.2, 0.25) is 0 Å². The Bertz CT molecular complexity index is 1140. The molecule has 0 amide bonds. The topological polar surface area (TPSA) is 93.8 Å². The first-order valence-corrected chi connectivity index (χ1v) is 11.1. The molecule has 0 atom stereocenters. The molecule has 7 heteroatoms. The maximum atomic E-state index is 11.9. The van der Waals surface area contributed by atoms with Gasteiger partial charge in [0.05, 0.1) is 7.11 Å². The van der Waals surface area contributed by atoms with Gasteiger partial charge in [-0.3, -0.25) is 4.79 Å². The van der Waals surface area contributed by atoms with Crippen LogP contribution in [0.15, 0.2) is 63.8 Å². The molecule has 1 aromatic heterocycles. The Morgan fingerprint density at radius 1 is 0.966 bits per heavy atom. The minimum absolute atomic E-state index is 0.0279. The Morgan fingerprint density at radius 2 is 1.55 bits per heavy atom. The fourth-order valence-corrected chi connectivity index (χ4v) is 3.65. The summed E-state index contributed by atoms with van der Waals surface area (Å²) in [6.45, 7) is 0. The van der Waals surface area contributed by atoms with Gasteiger partial charge in [-0.1, -0.05) is 36.4 Å². The van der Waals surface area contributed by atoms with Crippen LogP contribution < -0.4 is 10.2 Å². The fraction of sp³-hybridized carbons (Fsp3) is 0.227. The van der Waals surface area contributed by atoms with Crippen molar-refractivity contribution < 1.29 is 22.7 Å². The van der Waals surface area contributed by atoms with Gasteiger partial charge in [0.25, 0.3) is 0 Å². The predicted molar refractivity (Wildman–Crippen MR) is 111 cm³/mol. The molecule has 3 aromatic rings. The third-order valence-electron chi connectivity index (χ3n) is 4.47. The molecule has 0 aliphatic heterocycles. The maximum Gasteiger partial charge on any atom is 0.227 e. The highest BCUT2D eigenvalue weighted by molar-refractivity contribution is 7.89. The number of ether oxygens (including phenoxy) is 1. The van der Waals surface area contributed by atoms with Gasteiger partial charge in [-0.05, 0) is 35.2 Å². The first-order chi connectivity index (χ1) is 13.7. The van der Waals surface area contributed by atoms with Crippen molar-refractivity contribution in [3.05, 3.63) is 81.9 Å². The molecule has 29 heavy (non-hydrogen) atoms. The zero-order chi connectivity index (χ0) is 21.0. The molecule has 1 N–H and O–H groups in total. The van der Waals surface area contributed by atoms with E-state index in [9.17, 15) is 18.3 Å². The molecule has 0 bridgehead atoms. The van der Waals surface area contributed by atoms with Crippen LogP contribution in [0.3, 0.4) is 0 Å². The average Bonchev–Trinajstić information content (AvgIpc) is 2.69. The Hall–Kier alpha value is -3.06. The lowest BCUT2D eigenvalue weighted by Gasteiger charge is -2.08. The van der Waals surface area contributed by atoms with Crippen LogP contribution in [0.1, 0.15) is 17.1 Å². The SMILES string of the molecule is COc1ccc(-c2ccc(CCc3oc(CS(C)(=O)=O)cc(=O)c3O)cc2)cc1. The van der Waals surface area contributed by atoms with E-state index in [1.165, 1.54) is 0 Å². The summed E-state index contributed by atoms with van der Waals surface area (Å²) >= 11 is 0. The first-order valence-electron chi connectivity index (χ1n) is 9.01. The zero-order valence-corrected chi connectivity index (χ0v) is 17.0. The molecule has 0 radical (unpaired) electrons. The Morgan fingerprint density at radius 3 is 2.10 bits per heavy atom. The summed E-state index contributed by atoms with van der Waals surface area (Å²) in [5.74, 6) is 0.0592. The molecule has 0 saturated heterocycles. The molecule has 0 fully saturated rings. The number of methoxy groups -OCH3 is 1. The molecule has 0 spiro atoms. The van der Waals surface area contributed by atoms with Gasteiger partial charge in [0.15, 0.2) is 9.84 Å². The van der Waals surface area contributed by atoms with E-state index in [1.807, 2.05) is 48.5 Å². The number of aromatic hydroxyl groups is 1. The van der Waals surface area contributed by atoms with Gasteiger partial charge >= 0.3 is 0 Å². The minimum atomic E-state index is -3.35. The molecule has 0 aliphatic rings. The molecule has 1 heterocycles. The third-order valence-corrected chi connectivity index (χ3v) is 5.28. The van der Waals surface area contributed by atoms with E-state index in [4.69, 9.17) is 9.15 Å². The number of benzene rings is 2. The number of rotatable bonds is 7. The van der Waals surface area contributed by atoms with Crippen LogP contribution >= 0.6 is 0 Å². The quantitative estimate of drug-likeness (QED) is 0.637. The molecular formula is C22H22O6S. The van der Waals surface area contributed by atoms with Crippen molar-refractivity contribution in [1.29, 1.82) is 0 Å². The van der Waals surface area contributed by atoms with Gasteiger partial charge in [0, 0.05) is 18.7 Å². The molecule has 0 aliphatic carbocycles. The third kappa shape index (κ3) is 5.48. The minimum Gasteiger partial charge on any atom is -0.502 e. The lowest BCUT2D eigenvalue weighted by molar-refractivity contribution is 0.385. The number of hydrogen-bond donors (Lipinski definition) is 1. The molecule has 3 rings (SSSR count). The lowest BCUT2D eigenvalue weighted by atomic mass is 10.0. The monoisotopic (exact) mass is 414 g/mol. The van der Waals surface area contributed by atoms with Crippen LogP contribution in [-0.4, -0.2) is 26.9 Å². The maximum absolute atomic E-state index is 11.9. The summed E-state index contributed by atoms with van der Waals surface area (Å²) < 4.78 is 33.5. The van der Waals surface area contributed by atoms with Gasteiger partial charge < -0.3 is 14.3 Å². The van der Waals surface area contributed by atoms with Gasteiger partial charge in [-0.2, -0.15) is 0 Å². The zero-order valence-electron chi connectivity index (χ0n) is 16.2. The van der Waals surface area contributed by atoms with E-state index in [1.54, 1.807) is 7.11 Å². The Balaban J connectivity index is 1.73. The van der Waals surface area contributed by atoms with Crippen molar-refractivity contribution in [3.8, 4) is 22.6 Å². The number of aryl methyl sites for hydroxylation is 2. The number of hydrogen-bond acceptors (Lipinski definition) is 6. The summed E-state index contributed by atoms with van der Waals surface area (Å²) in [5, 5.41) is 9.97. The van der Waals surface area contributed by atoms with Crippen LogP contribution in [0.25, 0.3) is 11.1 Å². The molecule has 2 aromatic carbocycles. The standard InChI is InChI=1S/C22H22O6S/c1-27-18-10-8-17(9-11-18)16-6-3-15(4-7-16)5-12-21-22(24)20(23)13-19(28-21)14-29(2,25)26/h3-4,6-11,13,24H,5,12,14H2,1-2H3. The Kier molecular flexibility index (Phi) is 6.08. The van der Waals surface area contributed by atoms with Gasteiger partial charge in [-0.15, -0.1) is 0 Å². The fourth-order valence-electron chi connectivity index (χ4n) is 2.99. The predicted octanol–water partition coefficient (Wildman–Crippen LogP) is 3.35. The summed E-state index contributed by atoms with van der Waals surface area (Å²) in [6.07, 6.45) is 1.87. The van der Waals surface area contributed by atoms with Crippen molar-refractivity contribution in [2.24, 2.45) is 0 Å². The molecule has 0 unspecified atom stereocenters. The van der Waals surface area contributed by atoms with Crippen LogP contribution in [0.5, 0.6) is 11.5 Å². The van der Waals surface area contributed by atoms with Crippen molar-refractivity contribution in [1.82, 2.24) is 0 Å². The van der Waals surface area contributed by atoms with Crippen LogP contribution in [0.4, 0.5) is 0 Å². The van der Waals surface area contributed by atoms with Gasteiger partial charge in [0.1, 0.15) is 23.0 Å². The van der Waals surface area contributed by atoms with E-state index in [0.717, 1.165) is 34.8 Å². The first kappa shape index (κ1) is 20.7. The van der Waals surface area contributed by atoms with Crippen molar-refractivity contribution in [3.63, 3.8) is 0 Å². The molecule has 152 valence electrons. The summed E-state index contributed by atoms with van der Waals surface area (Å²) in [4.78, 5) is 11.9. The molecule has 0 saturated carbocycles. The second-order valence-corrected chi connectivity index (χ2v) is 8.98. The van der Waals surface area contributed by atoms with Crippen LogP contribution in [-0.2, 0) is 28.4 Å². The second kappa shape index (κ2) is 8.53. The normalized spacial score (nSPS) is 11.4. The summed E-state index contributed by atoms with van der Waals surface area (Å²) in [7, 11) is -1.72. The van der Waals surface area contributed by atoms with Crippen molar-refractivity contribution in [2.45, 2.75) is 18.6 Å². The smallest absolute Gasteiger partial charge is 0.227 e. The van der Waals surface area contributed by atoms with E-state index in [-0.39, 0.29) is 23.7 Å². The number of sulfone groups is 1. The van der Waals surface area contributed by atoms with E-state index in [0.29, 0.717) is 6.42 Å². The highest BCUT2D eigenvalue weighted by atomic mass is 32.2. The van der Waals surface area contributed by atoms with Crippen molar-refractivity contribution >= 4 is 9.84 Å².